The van der Waals surface area contributed by atoms with Gasteiger partial charge >= 0.3 is 0 Å². The third kappa shape index (κ3) is 4.56. The van der Waals surface area contributed by atoms with Crippen molar-refractivity contribution < 1.29 is 18.7 Å². The number of benzene rings is 1. The summed E-state index contributed by atoms with van der Waals surface area (Å²) in [4.78, 5) is 11.9. The second-order valence-electron chi connectivity index (χ2n) is 5.36. The minimum atomic E-state index is -0.400. The Kier molecular flexibility index (Phi) is 5.45. The maximum atomic E-state index is 11.9. The van der Waals surface area contributed by atoms with Crippen LogP contribution >= 0.6 is 12.2 Å². The number of hydrogen-bond donors (Lipinski definition) is 2. The van der Waals surface area contributed by atoms with Gasteiger partial charge in [0.05, 0.1) is 12.4 Å². The molecule has 0 saturated carbocycles. The zero-order valence-electron chi connectivity index (χ0n) is 13.0. The predicted molar refractivity (Wildman–Crippen MR) is 93.3 cm³/mol. The lowest BCUT2D eigenvalue weighted by atomic mass is 10.2. The molecule has 0 radical (unpaired) electrons. The van der Waals surface area contributed by atoms with Crippen LogP contribution in [0.25, 0.3) is 0 Å². The zero-order valence-corrected chi connectivity index (χ0v) is 13.8. The van der Waals surface area contributed by atoms with Crippen LogP contribution in [0.4, 0.5) is 5.69 Å². The molecule has 1 aliphatic rings. The van der Waals surface area contributed by atoms with E-state index in [1.165, 1.54) is 6.26 Å². The van der Waals surface area contributed by atoms with Gasteiger partial charge < -0.3 is 19.2 Å². The van der Waals surface area contributed by atoms with Crippen LogP contribution < -0.4 is 15.4 Å². The van der Waals surface area contributed by atoms with Crippen molar-refractivity contribution in [2.24, 2.45) is 0 Å². The van der Waals surface area contributed by atoms with Gasteiger partial charge in [0, 0.05) is 18.4 Å². The minimum Gasteiger partial charge on any atom is -0.491 e. The van der Waals surface area contributed by atoms with Crippen molar-refractivity contribution in [3.63, 3.8) is 0 Å². The van der Waals surface area contributed by atoms with Gasteiger partial charge in [0.15, 0.2) is 10.9 Å². The number of anilines is 1. The lowest BCUT2D eigenvalue weighted by Gasteiger charge is -2.13. The summed E-state index contributed by atoms with van der Waals surface area (Å²) in [7, 11) is 0. The summed E-state index contributed by atoms with van der Waals surface area (Å²) < 4.78 is 16.3. The SMILES string of the molecule is O=C(NC(=S)Nc1cccc(OCC2CCCO2)c1)c1ccco1. The highest BCUT2D eigenvalue weighted by molar-refractivity contribution is 7.80. The minimum absolute atomic E-state index is 0.162. The van der Waals surface area contributed by atoms with E-state index in [1.54, 1.807) is 12.1 Å². The number of furan rings is 1. The Bertz CT molecular complexity index is 696. The standard InChI is InChI=1S/C17H18N2O4S/c20-16(15-7-3-9-22-15)19-17(24)18-12-4-1-5-13(10-12)23-11-14-6-2-8-21-14/h1,3-5,7,9-10,14H,2,6,8,11H2,(H2,18,19,20,24). The number of rotatable bonds is 5. The van der Waals surface area contributed by atoms with Crippen molar-refractivity contribution in [1.29, 1.82) is 0 Å². The van der Waals surface area contributed by atoms with Crippen LogP contribution in [0.5, 0.6) is 5.75 Å². The first-order valence-corrected chi connectivity index (χ1v) is 8.12. The predicted octanol–water partition coefficient (Wildman–Crippen LogP) is 2.96. The molecule has 1 atom stereocenters. The van der Waals surface area contributed by atoms with E-state index in [0.29, 0.717) is 6.61 Å². The Morgan fingerprint density at radius 1 is 1.33 bits per heavy atom. The topological polar surface area (TPSA) is 72.7 Å². The van der Waals surface area contributed by atoms with Crippen molar-refractivity contribution in [3.05, 3.63) is 48.4 Å². The molecule has 126 valence electrons. The molecule has 24 heavy (non-hydrogen) atoms. The van der Waals surface area contributed by atoms with E-state index >= 15 is 0 Å². The van der Waals surface area contributed by atoms with Gasteiger partial charge in [0.1, 0.15) is 12.4 Å². The highest BCUT2D eigenvalue weighted by Gasteiger charge is 2.16. The number of thiocarbonyl (C=S) groups is 1. The van der Waals surface area contributed by atoms with Gasteiger partial charge in [0.25, 0.3) is 5.91 Å². The summed E-state index contributed by atoms with van der Waals surface area (Å²) in [6.45, 7) is 1.34. The molecule has 0 bridgehead atoms. The second-order valence-corrected chi connectivity index (χ2v) is 5.77. The molecular weight excluding hydrogens is 328 g/mol. The zero-order chi connectivity index (χ0) is 16.8. The summed E-state index contributed by atoms with van der Waals surface area (Å²) >= 11 is 5.14. The molecule has 0 spiro atoms. The highest BCUT2D eigenvalue weighted by atomic mass is 32.1. The normalized spacial score (nSPS) is 16.6. The van der Waals surface area contributed by atoms with Crippen molar-refractivity contribution in [2.45, 2.75) is 18.9 Å². The van der Waals surface area contributed by atoms with Gasteiger partial charge in [-0.05, 0) is 49.3 Å². The van der Waals surface area contributed by atoms with E-state index in [-0.39, 0.29) is 17.0 Å². The van der Waals surface area contributed by atoms with E-state index in [0.717, 1.165) is 30.9 Å². The summed E-state index contributed by atoms with van der Waals surface area (Å²) in [5.41, 5.74) is 0.726. The van der Waals surface area contributed by atoms with Crippen LogP contribution in [0.2, 0.25) is 0 Å². The van der Waals surface area contributed by atoms with E-state index in [4.69, 9.17) is 26.1 Å². The summed E-state index contributed by atoms with van der Waals surface area (Å²) in [5, 5.41) is 5.69. The molecule has 1 aromatic heterocycles. The Labute approximate surface area is 145 Å². The van der Waals surface area contributed by atoms with Gasteiger partial charge in [-0.25, -0.2) is 0 Å². The average Bonchev–Trinajstić information content (AvgIpc) is 3.27. The molecule has 3 rings (SSSR count). The average molecular weight is 346 g/mol. The maximum Gasteiger partial charge on any atom is 0.293 e. The summed E-state index contributed by atoms with van der Waals surface area (Å²) in [6, 6.07) is 10.6. The van der Waals surface area contributed by atoms with Gasteiger partial charge in [-0.15, -0.1) is 0 Å². The number of hydrogen-bond acceptors (Lipinski definition) is 5. The monoisotopic (exact) mass is 346 g/mol. The molecule has 2 aromatic rings. The number of nitrogens with one attached hydrogen (secondary N) is 2. The molecule has 1 aliphatic heterocycles. The molecule has 2 N–H and O–H groups in total. The molecular formula is C17H18N2O4S. The first-order chi connectivity index (χ1) is 11.7. The van der Waals surface area contributed by atoms with E-state index in [9.17, 15) is 4.79 Å². The Hall–Kier alpha value is -2.38. The number of ether oxygens (including phenoxy) is 2. The maximum absolute atomic E-state index is 11.9. The van der Waals surface area contributed by atoms with Crippen LogP contribution in [-0.2, 0) is 4.74 Å². The van der Waals surface area contributed by atoms with Crippen LogP contribution in [0.1, 0.15) is 23.4 Å². The highest BCUT2D eigenvalue weighted by Crippen LogP contribution is 2.19. The molecule has 1 amide bonds. The molecule has 7 heteroatoms. The van der Waals surface area contributed by atoms with Crippen molar-refractivity contribution >= 4 is 28.9 Å². The second kappa shape index (κ2) is 7.94. The fourth-order valence-electron chi connectivity index (χ4n) is 2.36. The number of amides is 1. The van der Waals surface area contributed by atoms with Gasteiger partial charge in [-0.3, -0.25) is 10.1 Å². The van der Waals surface area contributed by atoms with Crippen LogP contribution in [0.15, 0.2) is 47.1 Å². The molecule has 1 saturated heterocycles. The van der Waals surface area contributed by atoms with E-state index in [1.807, 2.05) is 24.3 Å². The van der Waals surface area contributed by atoms with E-state index in [2.05, 4.69) is 10.6 Å². The number of carbonyl (C=O) groups is 1. The molecule has 1 fully saturated rings. The van der Waals surface area contributed by atoms with Gasteiger partial charge in [-0.2, -0.15) is 0 Å². The largest absolute Gasteiger partial charge is 0.491 e. The fraction of sp³-hybridized carbons (Fsp3) is 0.294. The molecule has 2 heterocycles. The Balaban J connectivity index is 1.51. The van der Waals surface area contributed by atoms with Crippen LogP contribution in [0, 0.1) is 0 Å². The van der Waals surface area contributed by atoms with Crippen molar-refractivity contribution in [1.82, 2.24) is 5.32 Å². The van der Waals surface area contributed by atoms with Gasteiger partial charge in [0.2, 0.25) is 0 Å². The lowest BCUT2D eigenvalue weighted by Crippen LogP contribution is -2.33. The van der Waals surface area contributed by atoms with E-state index < -0.39 is 5.91 Å². The van der Waals surface area contributed by atoms with Crippen molar-refractivity contribution in [3.8, 4) is 5.75 Å². The van der Waals surface area contributed by atoms with Crippen LogP contribution in [-0.4, -0.2) is 30.3 Å². The Morgan fingerprint density at radius 2 is 2.25 bits per heavy atom. The first kappa shape index (κ1) is 16.5. The molecule has 1 unspecified atom stereocenters. The smallest absolute Gasteiger partial charge is 0.293 e. The summed E-state index contributed by atoms with van der Waals surface area (Å²) in [6.07, 6.45) is 3.70. The lowest BCUT2D eigenvalue weighted by molar-refractivity contribution is 0.0680. The number of carbonyl (C=O) groups excluding carboxylic acids is 1. The molecule has 0 aliphatic carbocycles. The van der Waals surface area contributed by atoms with Gasteiger partial charge in [-0.1, -0.05) is 6.07 Å². The Morgan fingerprint density at radius 3 is 3.00 bits per heavy atom. The third-order valence-electron chi connectivity index (χ3n) is 3.52. The third-order valence-corrected chi connectivity index (χ3v) is 3.73. The first-order valence-electron chi connectivity index (χ1n) is 7.71. The quantitative estimate of drug-likeness (QED) is 0.811. The van der Waals surface area contributed by atoms with Crippen molar-refractivity contribution in [2.75, 3.05) is 18.5 Å². The molecule has 6 nitrogen and oxygen atoms in total. The summed E-state index contributed by atoms with van der Waals surface area (Å²) in [5.74, 6) is 0.520. The van der Waals surface area contributed by atoms with Crippen LogP contribution in [0.3, 0.4) is 0 Å². The fourth-order valence-corrected chi connectivity index (χ4v) is 2.57. The molecule has 1 aromatic carbocycles.